The first kappa shape index (κ1) is 36.9. The fourth-order valence-corrected chi connectivity index (χ4v) is 10.5. The number of fused-ring (bicyclic) bond motifs is 14. The summed E-state index contributed by atoms with van der Waals surface area (Å²) in [6.45, 7) is 0. The van der Waals surface area contributed by atoms with Crippen LogP contribution in [0.25, 0.3) is 101 Å². The topological polar surface area (TPSA) is 64.5 Å². The molecule has 1 spiro atoms. The Morgan fingerprint density at radius 3 is 1.40 bits per heavy atom. The van der Waals surface area contributed by atoms with Gasteiger partial charge in [0.15, 0.2) is 17.5 Å². The van der Waals surface area contributed by atoms with E-state index < -0.39 is 5.41 Å². The molecule has 0 saturated carbocycles. The minimum Gasteiger partial charge on any atom is -0.264 e. The molecule has 5 heteroatoms. The molecule has 0 aliphatic heterocycles. The monoisotopic (exact) mass is 827 g/mol. The van der Waals surface area contributed by atoms with Crippen molar-refractivity contribution >= 4 is 10.8 Å². The molecule has 0 radical (unpaired) electrons. The lowest BCUT2D eigenvalue weighted by Crippen LogP contribution is -2.29. The van der Waals surface area contributed by atoms with E-state index in [-0.39, 0.29) is 0 Å². The van der Waals surface area contributed by atoms with E-state index >= 15 is 0 Å². The third-order valence-corrected chi connectivity index (χ3v) is 13.3. The van der Waals surface area contributed by atoms with Gasteiger partial charge in [0.2, 0.25) is 0 Å². The van der Waals surface area contributed by atoms with E-state index in [1.165, 1.54) is 66.4 Å². The summed E-state index contributed by atoms with van der Waals surface area (Å²) in [6.07, 6.45) is 7.36. The number of aromatic nitrogens is 5. The van der Waals surface area contributed by atoms with Gasteiger partial charge in [-0.3, -0.25) is 9.97 Å². The molecule has 13 rings (SSSR count). The van der Waals surface area contributed by atoms with Gasteiger partial charge in [-0.2, -0.15) is 0 Å². The van der Waals surface area contributed by atoms with Crippen LogP contribution in [0.2, 0.25) is 0 Å². The molecular weight excluding hydrogens is 791 g/mol. The van der Waals surface area contributed by atoms with Crippen LogP contribution in [-0.2, 0) is 5.41 Å². The van der Waals surface area contributed by atoms with E-state index in [0.717, 1.165) is 38.9 Å². The van der Waals surface area contributed by atoms with Gasteiger partial charge in [0.1, 0.15) is 0 Å². The van der Waals surface area contributed by atoms with Gasteiger partial charge in [-0.1, -0.05) is 170 Å². The molecule has 3 aromatic heterocycles. The Labute approximate surface area is 376 Å². The van der Waals surface area contributed by atoms with Gasteiger partial charge >= 0.3 is 0 Å². The summed E-state index contributed by atoms with van der Waals surface area (Å²) in [5.41, 5.74) is 18.4. The zero-order valence-electron chi connectivity index (χ0n) is 35.1. The van der Waals surface area contributed by atoms with Gasteiger partial charge in [-0.05, 0) is 108 Å². The normalized spacial score (nSPS) is 14.2. The molecule has 0 amide bonds. The molecule has 11 aromatic rings. The van der Waals surface area contributed by atoms with Crippen LogP contribution in [0.3, 0.4) is 0 Å². The predicted octanol–water partition coefficient (Wildman–Crippen LogP) is 14.2. The Hall–Kier alpha value is -8.67. The second kappa shape index (κ2) is 14.7. The van der Waals surface area contributed by atoms with Crippen LogP contribution in [0.15, 0.2) is 225 Å². The molecule has 1 atom stereocenters. The number of hydrogen-bond donors (Lipinski definition) is 0. The molecule has 0 N–H and O–H groups in total. The second-order valence-electron chi connectivity index (χ2n) is 16.8. The Balaban J connectivity index is 1.10. The Morgan fingerprint density at radius 2 is 0.785 bits per heavy atom. The van der Waals surface area contributed by atoms with Crippen LogP contribution in [-0.4, -0.2) is 24.9 Å². The minimum absolute atomic E-state index is 0.589. The van der Waals surface area contributed by atoms with Crippen molar-refractivity contribution in [3.05, 3.63) is 247 Å². The Kier molecular flexibility index (Phi) is 8.36. The molecule has 1 unspecified atom stereocenters. The molecule has 302 valence electrons. The van der Waals surface area contributed by atoms with E-state index in [4.69, 9.17) is 15.0 Å². The van der Waals surface area contributed by atoms with Gasteiger partial charge in [0.05, 0.1) is 5.41 Å². The lowest BCUT2D eigenvalue weighted by atomic mass is 9.65. The van der Waals surface area contributed by atoms with Crippen molar-refractivity contribution in [3.63, 3.8) is 0 Å². The average Bonchev–Trinajstić information content (AvgIpc) is 3.64. The number of pyridine rings is 2. The lowest BCUT2D eigenvalue weighted by Gasteiger charge is -2.35. The summed E-state index contributed by atoms with van der Waals surface area (Å²) in [7, 11) is 0. The summed E-state index contributed by atoms with van der Waals surface area (Å²) in [5.74, 6) is 1.77. The summed E-state index contributed by atoms with van der Waals surface area (Å²) < 4.78 is 0. The van der Waals surface area contributed by atoms with Gasteiger partial charge in [-0.15, -0.1) is 0 Å². The highest BCUT2D eigenvalue weighted by Crippen LogP contribution is 2.62. The summed E-state index contributed by atoms with van der Waals surface area (Å²) in [6, 6.07) is 72.1. The number of nitrogens with zero attached hydrogens (tertiary/aromatic N) is 5. The molecule has 8 aromatic carbocycles. The molecule has 2 aliphatic rings. The van der Waals surface area contributed by atoms with Crippen molar-refractivity contribution in [2.45, 2.75) is 5.41 Å². The second-order valence-corrected chi connectivity index (χ2v) is 16.8. The van der Waals surface area contributed by atoms with E-state index in [0.29, 0.717) is 17.5 Å². The van der Waals surface area contributed by atoms with Gasteiger partial charge in [0.25, 0.3) is 0 Å². The molecule has 2 aliphatic carbocycles. The highest BCUT2D eigenvalue weighted by molar-refractivity contribution is 6.06. The van der Waals surface area contributed by atoms with E-state index in [1.807, 2.05) is 24.5 Å². The fourth-order valence-electron chi connectivity index (χ4n) is 10.5. The van der Waals surface area contributed by atoms with E-state index in [2.05, 4.69) is 198 Å². The maximum absolute atomic E-state index is 5.37. The van der Waals surface area contributed by atoms with Crippen molar-refractivity contribution in [3.8, 4) is 89.8 Å². The standard InChI is InChI=1S/C60H37N5/c1-2-20-46-38(13-1)28-30-54-56(46)51-24-6-8-26-53(51)60(54)52-25-7-5-23-49(52)47-21-3-4-22-48(47)50-29-27-43(35-55(50)60)59-64-57(41-16-9-14-39(33-41)44-18-11-31-61-36-44)63-58(65-59)42-17-10-15-40(34-42)45-19-12-32-62-37-45/h1-37H. The van der Waals surface area contributed by atoms with Gasteiger partial charge < -0.3 is 0 Å². The summed E-state index contributed by atoms with van der Waals surface area (Å²) >= 11 is 0. The molecule has 0 saturated heterocycles. The maximum Gasteiger partial charge on any atom is 0.164 e. The van der Waals surface area contributed by atoms with Crippen molar-refractivity contribution in [2.24, 2.45) is 0 Å². The fraction of sp³-hybridized carbons (Fsp3) is 0.0167. The zero-order chi connectivity index (χ0) is 42.9. The molecule has 65 heavy (non-hydrogen) atoms. The highest BCUT2D eigenvalue weighted by atomic mass is 15.0. The van der Waals surface area contributed by atoms with E-state index in [1.54, 1.807) is 12.4 Å². The van der Waals surface area contributed by atoms with Crippen molar-refractivity contribution < 1.29 is 0 Å². The van der Waals surface area contributed by atoms with Crippen LogP contribution in [0.4, 0.5) is 0 Å². The summed E-state index contributed by atoms with van der Waals surface area (Å²) in [5, 5.41) is 2.47. The average molecular weight is 828 g/mol. The summed E-state index contributed by atoms with van der Waals surface area (Å²) in [4.78, 5) is 24.8. The van der Waals surface area contributed by atoms with Crippen molar-refractivity contribution in [1.82, 2.24) is 24.9 Å². The smallest absolute Gasteiger partial charge is 0.164 e. The zero-order valence-corrected chi connectivity index (χ0v) is 35.1. The first-order valence-corrected chi connectivity index (χ1v) is 22.0. The Bertz CT molecular complexity index is 3570. The largest absolute Gasteiger partial charge is 0.264 e. The van der Waals surface area contributed by atoms with Crippen molar-refractivity contribution in [2.75, 3.05) is 0 Å². The van der Waals surface area contributed by atoms with Crippen LogP contribution >= 0.6 is 0 Å². The highest BCUT2D eigenvalue weighted by Gasteiger charge is 2.50. The van der Waals surface area contributed by atoms with Crippen molar-refractivity contribution in [1.29, 1.82) is 0 Å². The maximum atomic E-state index is 5.37. The third-order valence-electron chi connectivity index (χ3n) is 13.3. The molecule has 0 fully saturated rings. The third kappa shape index (κ3) is 5.76. The minimum atomic E-state index is -0.675. The molecular formula is C60H37N5. The number of hydrogen-bond acceptors (Lipinski definition) is 5. The van der Waals surface area contributed by atoms with Gasteiger partial charge in [0, 0.05) is 52.6 Å². The first-order valence-electron chi connectivity index (χ1n) is 22.0. The van der Waals surface area contributed by atoms with Crippen LogP contribution in [0, 0.1) is 0 Å². The van der Waals surface area contributed by atoms with E-state index in [9.17, 15) is 0 Å². The predicted molar refractivity (Wildman–Crippen MR) is 262 cm³/mol. The molecule has 3 heterocycles. The number of rotatable bonds is 5. The lowest BCUT2D eigenvalue weighted by molar-refractivity contribution is 0.776. The molecule has 0 bridgehead atoms. The SMILES string of the molecule is c1cncc(-c2cccc(-c3nc(-c4cccc(-c5cccnc5)c4)nc(-c4ccc5c(c4)C4(c6ccccc6-c6ccccc6-5)c5ccccc5-c5c4ccc4ccccc54)n3)c2)c1. The first-order chi connectivity index (χ1) is 32.2. The quantitative estimate of drug-likeness (QED) is 0.173. The Morgan fingerprint density at radius 1 is 0.292 bits per heavy atom. The van der Waals surface area contributed by atoms with Crippen LogP contribution in [0.5, 0.6) is 0 Å². The van der Waals surface area contributed by atoms with Crippen LogP contribution in [0.1, 0.15) is 22.3 Å². The molecule has 5 nitrogen and oxygen atoms in total. The number of benzene rings is 8. The van der Waals surface area contributed by atoms with Gasteiger partial charge in [-0.25, -0.2) is 15.0 Å². The van der Waals surface area contributed by atoms with Crippen LogP contribution < -0.4 is 0 Å².